The van der Waals surface area contributed by atoms with Crippen molar-refractivity contribution < 1.29 is 14.0 Å². The summed E-state index contributed by atoms with van der Waals surface area (Å²) in [6.07, 6.45) is 1.99. The van der Waals surface area contributed by atoms with Crippen LogP contribution in [0.2, 0.25) is 19.6 Å². The van der Waals surface area contributed by atoms with Crippen LogP contribution < -0.4 is 0 Å². The Balaban J connectivity index is 2.96. The van der Waals surface area contributed by atoms with Crippen LogP contribution in [0.1, 0.15) is 54.4 Å². The standard InChI is InChI=1S/C16H33NO3Si/c1-12(19-13(2)18)17-15(3,4)10-14(11-16(17,5)6)20-21(7,8)9/h12,14H,10-11H2,1-9H3. The third kappa shape index (κ3) is 5.08. The predicted molar refractivity (Wildman–Crippen MR) is 88.7 cm³/mol. The van der Waals surface area contributed by atoms with Gasteiger partial charge in [0.2, 0.25) is 0 Å². The number of likely N-dealkylation sites (tertiary alicyclic amines) is 1. The molecule has 0 N–H and O–H groups in total. The molecule has 1 heterocycles. The summed E-state index contributed by atoms with van der Waals surface area (Å²) < 4.78 is 11.8. The molecule has 1 unspecified atom stereocenters. The van der Waals surface area contributed by atoms with Crippen molar-refractivity contribution >= 4 is 14.3 Å². The molecule has 1 fully saturated rings. The average Bonchev–Trinajstić information content (AvgIpc) is 2.06. The summed E-state index contributed by atoms with van der Waals surface area (Å²) >= 11 is 0. The number of carbonyl (C=O) groups excluding carboxylic acids is 1. The second kappa shape index (κ2) is 6.01. The van der Waals surface area contributed by atoms with Gasteiger partial charge in [-0.15, -0.1) is 0 Å². The number of ether oxygens (including phenoxy) is 1. The summed E-state index contributed by atoms with van der Waals surface area (Å²) in [6.45, 7) is 19.0. The number of hydrogen-bond donors (Lipinski definition) is 0. The van der Waals surface area contributed by atoms with Gasteiger partial charge >= 0.3 is 5.97 Å². The van der Waals surface area contributed by atoms with E-state index in [-0.39, 0.29) is 29.4 Å². The fourth-order valence-corrected chi connectivity index (χ4v) is 5.23. The van der Waals surface area contributed by atoms with Gasteiger partial charge in [0.25, 0.3) is 0 Å². The maximum absolute atomic E-state index is 11.3. The van der Waals surface area contributed by atoms with Gasteiger partial charge in [0.05, 0.1) is 0 Å². The summed E-state index contributed by atoms with van der Waals surface area (Å²) in [4.78, 5) is 13.6. The number of carbonyl (C=O) groups is 1. The van der Waals surface area contributed by atoms with Crippen molar-refractivity contribution in [3.63, 3.8) is 0 Å². The topological polar surface area (TPSA) is 38.8 Å². The zero-order valence-corrected chi connectivity index (χ0v) is 16.2. The molecule has 1 aliphatic heterocycles. The first kappa shape index (κ1) is 18.7. The van der Waals surface area contributed by atoms with Crippen LogP contribution in [0.5, 0.6) is 0 Å². The van der Waals surface area contributed by atoms with Crippen molar-refractivity contribution in [2.75, 3.05) is 0 Å². The SMILES string of the molecule is CC(=O)OC(C)N1C(C)(C)CC(O[Si](C)(C)C)CC1(C)C. The Morgan fingerprint density at radius 2 is 1.57 bits per heavy atom. The first-order valence-corrected chi connectivity index (χ1v) is 11.3. The highest BCUT2D eigenvalue weighted by Gasteiger charge is 2.49. The van der Waals surface area contributed by atoms with Gasteiger partial charge in [-0.25, -0.2) is 0 Å². The largest absolute Gasteiger partial charge is 0.447 e. The van der Waals surface area contributed by atoms with Gasteiger partial charge < -0.3 is 9.16 Å². The molecule has 1 atom stereocenters. The van der Waals surface area contributed by atoms with Gasteiger partial charge in [0.1, 0.15) is 0 Å². The van der Waals surface area contributed by atoms with Crippen molar-refractivity contribution in [3.8, 4) is 0 Å². The normalized spacial score (nSPS) is 24.6. The molecule has 0 amide bonds. The van der Waals surface area contributed by atoms with E-state index >= 15 is 0 Å². The quantitative estimate of drug-likeness (QED) is 0.585. The number of piperidine rings is 1. The van der Waals surface area contributed by atoms with Gasteiger partial charge in [0, 0.05) is 24.1 Å². The van der Waals surface area contributed by atoms with E-state index in [1.165, 1.54) is 6.92 Å². The van der Waals surface area contributed by atoms with E-state index in [0.29, 0.717) is 0 Å². The van der Waals surface area contributed by atoms with Crippen LogP contribution in [0.15, 0.2) is 0 Å². The number of rotatable bonds is 4. The Labute approximate surface area is 131 Å². The van der Waals surface area contributed by atoms with Crippen LogP contribution in [0.25, 0.3) is 0 Å². The van der Waals surface area contributed by atoms with Crippen LogP contribution in [-0.2, 0) is 14.0 Å². The molecule has 1 aliphatic rings. The molecule has 0 saturated carbocycles. The van der Waals surface area contributed by atoms with Crippen molar-refractivity contribution in [2.24, 2.45) is 0 Å². The smallest absolute Gasteiger partial charge is 0.304 e. The molecule has 4 nitrogen and oxygen atoms in total. The second-order valence-corrected chi connectivity index (χ2v) is 12.9. The molecule has 1 saturated heterocycles. The number of esters is 1. The van der Waals surface area contributed by atoms with E-state index in [9.17, 15) is 4.79 Å². The third-order valence-electron chi connectivity index (χ3n) is 3.98. The lowest BCUT2D eigenvalue weighted by molar-refractivity contribution is -0.186. The Morgan fingerprint density at radius 3 is 1.90 bits per heavy atom. The Morgan fingerprint density at radius 1 is 1.14 bits per heavy atom. The summed E-state index contributed by atoms with van der Waals surface area (Å²) in [5, 5.41) is 0. The highest BCUT2D eigenvalue weighted by molar-refractivity contribution is 6.69. The molecule has 21 heavy (non-hydrogen) atoms. The van der Waals surface area contributed by atoms with Gasteiger partial charge in [-0.1, -0.05) is 0 Å². The van der Waals surface area contributed by atoms with E-state index in [4.69, 9.17) is 9.16 Å². The third-order valence-corrected chi connectivity index (χ3v) is 5.02. The maximum Gasteiger partial charge on any atom is 0.304 e. The molecular weight excluding hydrogens is 282 g/mol. The van der Waals surface area contributed by atoms with Gasteiger partial charge in [0.15, 0.2) is 14.5 Å². The fourth-order valence-electron chi connectivity index (χ4n) is 4.06. The van der Waals surface area contributed by atoms with Crippen molar-refractivity contribution in [1.29, 1.82) is 0 Å². The van der Waals surface area contributed by atoms with Gasteiger partial charge in [-0.3, -0.25) is 9.69 Å². The fraction of sp³-hybridized carbons (Fsp3) is 0.938. The monoisotopic (exact) mass is 315 g/mol. The molecule has 0 spiro atoms. The first-order valence-electron chi connectivity index (χ1n) is 7.89. The minimum Gasteiger partial charge on any atom is -0.447 e. The molecule has 0 aliphatic carbocycles. The summed E-state index contributed by atoms with van der Waals surface area (Å²) in [5.74, 6) is -0.227. The Hall–Kier alpha value is -0.393. The molecule has 0 aromatic heterocycles. The zero-order valence-electron chi connectivity index (χ0n) is 15.2. The van der Waals surface area contributed by atoms with Gasteiger partial charge in [-0.2, -0.15) is 0 Å². The Bertz CT molecular complexity index is 369. The maximum atomic E-state index is 11.3. The molecule has 0 aromatic carbocycles. The van der Waals surface area contributed by atoms with Crippen LogP contribution in [0, 0.1) is 0 Å². The molecule has 1 rings (SSSR count). The van der Waals surface area contributed by atoms with Crippen molar-refractivity contribution in [2.45, 2.75) is 97.4 Å². The molecule has 0 aromatic rings. The summed E-state index contributed by atoms with van der Waals surface area (Å²) in [7, 11) is -1.55. The van der Waals surface area contributed by atoms with Gasteiger partial charge in [-0.05, 0) is 67.1 Å². The second-order valence-electron chi connectivity index (χ2n) is 8.46. The van der Waals surface area contributed by atoms with E-state index in [2.05, 4.69) is 52.2 Å². The lowest BCUT2D eigenvalue weighted by Crippen LogP contribution is -2.66. The molecular formula is C16H33NO3Si. The zero-order chi connectivity index (χ0) is 16.6. The summed E-state index contributed by atoms with van der Waals surface area (Å²) in [6, 6.07) is 0. The highest BCUT2D eigenvalue weighted by atomic mass is 28.4. The van der Waals surface area contributed by atoms with Crippen LogP contribution in [0.4, 0.5) is 0 Å². The first-order chi connectivity index (χ1) is 9.24. The number of nitrogens with zero attached hydrogens (tertiary/aromatic N) is 1. The number of hydrogen-bond acceptors (Lipinski definition) is 4. The van der Waals surface area contributed by atoms with Crippen LogP contribution in [-0.4, -0.2) is 42.6 Å². The minimum absolute atomic E-state index is 0.0685. The molecule has 124 valence electrons. The molecule has 0 radical (unpaired) electrons. The van der Waals surface area contributed by atoms with Crippen LogP contribution in [0.3, 0.4) is 0 Å². The van der Waals surface area contributed by atoms with E-state index in [1.54, 1.807) is 0 Å². The molecule has 5 heteroatoms. The van der Waals surface area contributed by atoms with Crippen molar-refractivity contribution in [3.05, 3.63) is 0 Å². The molecule has 0 bridgehead atoms. The predicted octanol–water partition coefficient (Wildman–Crippen LogP) is 3.77. The van der Waals surface area contributed by atoms with Crippen molar-refractivity contribution in [1.82, 2.24) is 4.90 Å². The van der Waals surface area contributed by atoms with Crippen LogP contribution >= 0.6 is 0 Å². The van der Waals surface area contributed by atoms with E-state index in [0.717, 1.165) is 12.8 Å². The van der Waals surface area contributed by atoms with E-state index in [1.807, 2.05) is 6.92 Å². The minimum atomic E-state index is -1.55. The lowest BCUT2D eigenvalue weighted by Gasteiger charge is -2.57. The average molecular weight is 316 g/mol. The Kier molecular flexibility index (Phi) is 5.34. The highest BCUT2D eigenvalue weighted by Crippen LogP contribution is 2.41. The van der Waals surface area contributed by atoms with E-state index < -0.39 is 8.32 Å². The lowest BCUT2D eigenvalue weighted by atomic mass is 9.78. The summed E-state index contributed by atoms with van der Waals surface area (Å²) in [5.41, 5.74) is -0.137.